The van der Waals surface area contributed by atoms with Gasteiger partial charge in [-0.2, -0.15) is 9.97 Å². The van der Waals surface area contributed by atoms with E-state index in [-0.39, 0.29) is 11.3 Å². The number of methoxy groups -OCH3 is 1. The lowest BCUT2D eigenvalue weighted by atomic mass is 10.1. The number of hydrogen-bond donors (Lipinski definition) is 2. The van der Waals surface area contributed by atoms with Crippen molar-refractivity contribution >= 4 is 28.6 Å². The number of aromatic amines is 1. The van der Waals surface area contributed by atoms with E-state index in [9.17, 15) is 0 Å². The van der Waals surface area contributed by atoms with Crippen molar-refractivity contribution < 1.29 is 4.74 Å². The predicted octanol–water partition coefficient (Wildman–Crippen LogP) is 2.81. The van der Waals surface area contributed by atoms with Gasteiger partial charge in [-0.1, -0.05) is 30.3 Å². The lowest BCUT2D eigenvalue weighted by Gasteiger charge is -2.19. The van der Waals surface area contributed by atoms with E-state index in [0.29, 0.717) is 18.1 Å². The lowest BCUT2D eigenvalue weighted by molar-refractivity contribution is 0.186. The normalized spacial score (nSPS) is 12.5. The third-order valence-corrected chi connectivity index (χ3v) is 3.27. The predicted molar refractivity (Wildman–Crippen MR) is 81.4 cm³/mol. The lowest BCUT2D eigenvalue weighted by Crippen LogP contribution is -2.17. The van der Waals surface area contributed by atoms with Crippen LogP contribution < -0.4 is 5.32 Å². The Morgan fingerprint density at radius 3 is 2.86 bits per heavy atom. The van der Waals surface area contributed by atoms with Crippen LogP contribution >= 0.6 is 11.6 Å². The van der Waals surface area contributed by atoms with Crippen LogP contribution in [0, 0.1) is 0 Å². The monoisotopic (exact) mass is 303 g/mol. The van der Waals surface area contributed by atoms with Gasteiger partial charge in [0.15, 0.2) is 11.5 Å². The molecule has 0 amide bonds. The highest BCUT2D eigenvalue weighted by atomic mass is 35.5. The quantitative estimate of drug-likeness (QED) is 0.709. The molecule has 7 heteroatoms. The van der Waals surface area contributed by atoms with Gasteiger partial charge in [0, 0.05) is 7.11 Å². The number of imidazole rings is 1. The number of H-pyrrole nitrogens is 1. The highest BCUT2D eigenvalue weighted by molar-refractivity contribution is 6.28. The summed E-state index contributed by atoms with van der Waals surface area (Å²) in [5.74, 6) is 0.605. The van der Waals surface area contributed by atoms with Gasteiger partial charge in [-0.15, -0.1) is 0 Å². The van der Waals surface area contributed by atoms with Crippen LogP contribution in [0.4, 0.5) is 5.82 Å². The fourth-order valence-corrected chi connectivity index (χ4v) is 2.31. The third kappa shape index (κ3) is 2.96. The van der Waals surface area contributed by atoms with E-state index < -0.39 is 0 Å². The number of benzene rings is 1. The van der Waals surface area contributed by atoms with E-state index in [1.807, 2.05) is 30.3 Å². The summed E-state index contributed by atoms with van der Waals surface area (Å²) in [6, 6.07) is 9.96. The molecule has 108 valence electrons. The zero-order chi connectivity index (χ0) is 14.7. The van der Waals surface area contributed by atoms with Crippen molar-refractivity contribution in [1.29, 1.82) is 0 Å². The van der Waals surface area contributed by atoms with Crippen LogP contribution in [-0.4, -0.2) is 33.7 Å². The first kappa shape index (κ1) is 13.8. The minimum absolute atomic E-state index is 0.0475. The van der Waals surface area contributed by atoms with Crippen molar-refractivity contribution in [2.45, 2.75) is 6.04 Å². The molecule has 2 N–H and O–H groups in total. The number of nitrogens with one attached hydrogen (secondary N) is 2. The van der Waals surface area contributed by atoms with Gasteiger partial charge < -0.3 is 15.0 Å². The van der Waals surface area contributed by atoms with E-state index in [1.165, 1.54) is 0 Å². The average molecular weight is 304 g/mol. The van der Waals surface area contributed by atoms with Crippen LogP contribution in [0.1, 0.15) is 11.6 Å². The van der Waals surface area contributed by atoms with E-state index in [0.717, 1.165) is 11.1 Å². The van der Waals surface area contributed by atoms with E-state index in [4.69, 9.17) is 16.3 Å². The molecule has 0 spiro atoms. The standard InChI is InChI=1S/C14H14ClN5O/c1-21-7-10(9-5-3-2-4-6-9)18-13-11-12(17-8-16-11)19-14(15)20-13/h2-6,8,10H,7H2,1H3,(H2,16,17,18,19,20). The minimum Gasteiger partial charge on any atom is -0.382 e. The van der Waals surface area contributed by atoms with Gasteiger partial charge >= 0.3 is 0 Å². The van der Waals surface area contributed by atoms with Crippen molar-refractivity contribution in [2.24, 2.45) is 0 Å². The first-order chi connectivity index (χ1) is 10.3. The van der Waals surface area contributed by atoms with Crippen LogP contribution in [0.5, 0.6) is 0 Å². The molecule has 0 aliphatic rings. The van der Waals surface area contributed by atoms with Crippen molar-refractivity contribution in [3.05, 3.63) is 47.5 Å². The summed E-state index contributed by atoms with van der Waals surface area (Å²) < 4.78 is 5.29. The number of rotatable bonds is 5. The average Bonchev–Trinajstić information content (AvgIpc) is 2.96. The summed E-state index contributed by atoms with van der Waals surface area (Å²) in [6.07, 6.45) is 1.56. The van der Waals surface area contributed by atoms with Gasteiger partial charge in [0.1, 0.15) is 5.52 Å². The highest BCUT2D eigenvalue weighted by Gasteiger charge is 2.15. The van der Waals surface area contributed by atoms with Gasteiger partial charge in [0.2, 0.25) is 5.28 Å². The zero-order valence-electron chi connectivity index (χ0n) is 11.4. The third-order valence-electron chi connectivity index (χ3n) is 3.10. The Morgan fingerprint density at radius 1 is 1.29 bits per heavy atom. The molecule has 0 bridgehead atoms. The molecule has 0 aliphatic heterocycles. The second-order valence-corrected chi connectivity index (χ2v) is 4.84. The molecule has 1 aromatic carbocycles. The summed E-state index contributed by atoms with van der Waals surface area (Å²) in [4.78, 5) is 15.4. The minimum atomic E-state index is -0.0475. The molecule has 3 rings (SSSR count). The number of aromatic nitrogens is 4. The Hall–Kier alpha value is -2.18. The van der Waals surface area contributed by atoms with Crippen LogP contribution in [-0.2, 0) is 4.74 Å². The summed E-state index contributed by atoms with van der Waals surface area (Å²) in [5, 5.41) is 3.49. The van der Waals surface area contributed by atoms with Gasteiger partial charge in [0.05, 0.1) is 19.0 Å². The fourth-order valence-electron chi connectivity index (χ4n) is 2.15. The van der Waals surface area contributed by atoms with Crippen molar-refractivity contribution in [3.8, 4) is 0 Å². The van der Waals surface area contributed by atoms with Crippen LogP contribution in [0.2, 0.25) is 5.28 Å². The molecular formula is C14H14ClN5O. The van der Waals surface area contributed by atoms with Gasteiger partial charge in [-0.25, -0.2) is 4.98 Å². The maximum atomic E-state index is 5.94. The van der Waals surface area contributed by atoms with Crippen molar-refractivity contribution in [2.75, 3.05) is 19.0 Å². The maximum absolute atomic E-state index is 5.94. The van der Waals surface area contributed by atoms with E-state index >= 15 is 0 Å². The molecule has 0 radical (unpaired) electrons. The number of hydrogen-bond acceptors (Lipinski definition) is 5. The van der Waals surface area contributed by atoms with Crippen LogP contribution in [0.3, 0.4) is 0 Å². The largest absolute Gasteiger partial charge is 0.382 e. The van der Waals surface area contributed by atoms with Gasteiger partial charge in [-0.05, 0) is 17.2 Å². The molecule has 0 saturated carbocycles. The molecule has 1 unspecified atom stereocenters. The Labute approximate surface area is 126 Å². The first-order valence-electron chi connectivity index (χ1n) is 6.45. The number of anilines is 1. The van der Waals surface area contributed by atoms with Gasteiger partial charge in [0.25, 0.3) is 0 Å². The molecule has 0 saturated heterocycles. The Kier molecular flexibility index (Phi) is 3.98. The molecule has 3 aromatic rings. The molecule has 6 nitrogen and oxygen atoms in total. The number of ether oxygens (including phenoxy) is 1. The van der Waals surface area contributed by atoms with Crippen LogP contribution in [0.15, 0.2) is 36.7 Å². The number of halogens is 1. The van der Waals surface area contributed by atoms with E-state index in [2.05, 4.69) is 25.3 Å². The molecule has 21 heavy (non-hydrogen) atoms. The second-order valence-electron chi connectivity index (χ2n) is 4.51. The fraction of sp³-hybridized carbons (Fsp3) is 0.214. The van der Waals surface area contributed by atoms with Crippen molar-refractivity contribution in [1.82, 2.24) is 19.9 Å². The number of fused-ring (bicyclic) bond motifs is 1. The Morgan fingerprint density at radius 2 is 2.10 bits per heavy atom. The molecule has 0 fully saturated rings. The smallest absolute Gasteiger partial charge is 0.226 e. The summed E-state index contributed by atoms with van der Waals surface area (Å²) in [5.41, 5.74) is 2.35. The topological polar surface area (TPSA) is 75.7 Å². The Bertz CT molecular complexity index is 731. The maximum Gasteiger partial charge on any atom is 0.226 e. The second kappa shape index (κ2) is 6.07. The van der Waals surface area contributed by atoms with Crippen LogP contribution in [0.25, 0.3) is 11.2 Å². The molecule has 0 aliphatic carbocycles. The van der Waals surface area contributed by atoms with Crippen molar-refractivity contribution in [3.63, 3.8) is 0 Å². The summed E-state index contributed by atoms with van der Waals surface area (Å²) >= 11 is 5.94. The van der Waals surface area contributed by atoms with E-state index in [1.54, 1.807) is 13.4 Å². The SMILES string of the molecule is COCC(Nc1nc(Cl)nc2nc[nH]c12)c1ccccc1. The molecule has 2 aromatic heterocycles. The summed E-state index contributed by atoms with van der Waals surface area (Å²) in [7, 11) is 1.66. The molecule has 1 atom stereocenters. The highest BCUT2D eigenvalue weighted by Crippen LogP contribution is 2.24. The molecular weight excluding hydrogens is 290 g/mol. The Balaban J connectivity index is 1.96. The zero-order valence-corrected chi connectivity index (χ0v) is 12.1. The number of nitrogens with zero attached hydrogens (tertiary/aromatic N) is 3. The molecule has 2 heterocycles. The first-order valence-corrected chi connectivity index (χ1v) is 6.83. The summed E-state index contributed by atoms with van der Waals surface area (Å²) in [6.45, 7) is 0.501. The van der Waals surface area contributed by atoms with Gasteiger partial charge in [-0.3, -0.25) is 0 Å².